The Labute approximate surface area is 185 Å². The monoisotopic (exact) mass is 463 g/mol. The van der Waals surface area contributed by atoms with Gasteiger partial charge in [0.1, 0.15) is 5.01 Å². The lowest BCUT2D eigenvalue weighted by Gasteiger charge is -2.19. The largest absolute Gasteiger partial charge is 0.324 e. The summed E-state index contributed by atoms with van der Waals surface area (Å²) in [7, 11) is -3.65. The van der Waals surface area contributed by atoms with Crippen molar-refractivity contribution in [2.24, 2.45) is 0 Å². The third-order valence-electron chi connectivity index (χ3n) is 4.47. The summed E-state index contributed by atoms with van der Waals surface area (Å²) >= 11 is 7.65. The first kappa shape index (κ1) is 22.4. The smallest absolute Gasteiger partial charge is 0.243 e. The number of sulfonamides is 1. The van der Waals surface area contributed by atoms with Gasteiger partial charge >= 0.3 is 0 Å². The summed E-state index contributed by atoms with van der Waals surface area (Å²) in [6, 6.07) is 14.0. The fourth-order valence-electron chi connectivity index (χ4n) is 2.93. The highest BCUT2D eigenvalue weighted by Gasteiger charge is 2.23. The van der Waals surface area contributed by atoms with E-state index in [9.17, 15) is 13.2 Å². The zero-order valence-corrected chi connectivity index (χ0v) is 19.0. The summed E-state index contributed by atoms with van der Waals surface area (Å²) in [5.74, 6) is -0.320. The van der Waals surface area contributed by atoms with E-state index in [0.29, 0.717) is 18.8 Å². The molecule has 3 aromatic rings. The first-order valence-electron chi connectivity index (χ1n) is 9.44. The summed E-state index contributed by atoms with van der Waals surface area (Å²) in [5.41, 5.74) is 1.89. The van der Waals surface area contributed by atoms with Crippen molar-refractivity contribution >= 4 is 44.6 Å². The molecule has 0 spiro atoms. The molecule has 30 heavy (non-hydrogen) atoms. The summed E-state index contributed by atoms with van der Waals surface area (Å²) in [5, 5.41) is 5.65. The molecule has 0 fully saturated rings. The third-order valence-corrected chi connectivity index (χ3v) is 7.78. The highest BCUT2D eigenvalue weighted by atomic mass is 35.5. The van der Waals surface area contributed by atoms with Gasteiger partial charge < -0.3 is 5.32 Å². The van der Waals surface area contributed by atoms with Gasteiger partial charge in [-0.1, -0.05) is 55.8 Å². The second-order valence-corrected chi connectivity index (χ2v) is 9.67. The maximum Gasteiger partial charge on any atom is 0.243 e. The Morgan fingerprint density at radius 1 is 1.13 bits per heavy atom. The van der Waals surface area contributed by atoms with Crippen molar-refractivity contribution in [3.05, 3.63) is 64.6 Å². The van der Waals surface area contributed by atoms with E-state index in [2.05, 4.69) is 10.3 Å². The number of nitrogens with one attached hydrogen (secondary N) is 1. The average molecular weight is 464 g/mol. The minimum Gasteiger partial charge on any atom is -0.324 e. The number of aromatic nitrogens is 1. The Balaban J connectivity index is 1.75. The molecule has 1 amide bonds. The van der Waals surface area contributed by atoms with Crippen LogP contribution in [0.15, 0.2) is 58.8 Å². The van der Waals surface area contributed by atoms with Gasteiger partial charge in [0.25, 0.3) is 0 Å². The standard InChI is InChI=1S/C21H22ClN3O3S2/c1-3-25(4-2)30(27,28)17-10-11-18(22)19(13-17)24-20(26)12-16-14-29-21(23-16)15-8-6-5-7-9-15/h5-11,13-14H,3-4,12H2,1-2H3,(H,24,26). The predicted molar refractivity (Wildman–Crippen MR) is 121 cm³/mol. The van der Waals surface area contributed by atoms with Gasteiger partial charge in [0, 0.05) is 24.0 Å². The van der Waals surface area contributed by atoms with Gasteiger partial charge in [-0.2, -0.15) is 4.31 Å². The van der Waals surface area contributed by atoms with E-state index < -0.39 is 10.0 Å². The molecule has 0 radical (unpaired) electrons. The number of thiazole rings is 1. The average Bonchev–Trinajstić information content (AvgIpc) is 3.19. The van der Waals surface area contributed by atoms with Crippen LogP contribution in [-0.4, -0.2) is 36.7 Å². The first-order valence-corrected chi connectivity index (χ1v) is 12.1. The van der Waals surface area contributed by atoms with E-state index in [1.165, 1.54) is 33.8 Å². The molecule has 1 heterocycles. The van der Waals surface area contributed by atoms with Gasteiger partial charge in [-0.05, 0) is 18.2 Å². The van der Waals surface area contributed by atoms with E-state index in [1.807, 2.05) is 35.7 Å². The van der Waals surface area contributed by atoms with Crippen molar-refractivity contribution in [2.75, 3.05) is 18.4 Å². The van der Waals surface area contributed by atoms with Crippen molar-refractivity contribution in [1.29, 1.82) is 0 Å². The molecule has 3 rings (SSSR count). The molecule has 0 saturated heterocycles. The summed E-state index contributed by atoms with van der Waals surface area (Å²) in [6.07, 6.45) is 0.0622. The van der Waals surface area contributed by atoms with Crippen LogP contribution in [0.5, 0.6) is 0 Å². The Hall–Kier alpha value is -2.26. The third kappa shape index (κ3) is 5.07. The quantitative estimate of drug-likeness (QED) is 0.526. The van der Waals surface area contributed by atoms with Crippen LogP contribution < -0.4 is 5.32 Å². The molecule has 1 aromatic heterocycles. The Morgan fingerprint density at radius 2 is 1.83 bits per heavy atom. The molecule has 0 unspecified atom stereocenters. The number of halogens is 1. The number of hydrogen-bond donors (Lipinski definition) is 1. The molecule has 158 valence electrons. The summed E-state index contributed by atoms with van der Waals surface area (Å²) < 4.78 is 26.8. The van der Waals surface area contributed by atoms with Crippen molar-refractivity contribution in [3.63, 3.8) is 0 Å². The SMILES string of the molecule is CCN(CC)S(=O)(=O)c1ccc(Cl)c(NC(=O)Cc2csc(-c3ccccc3)n2)c1. The van der Waals surface area contributed by atoms with Crippen LogP contribution in [0.1, 0.15) is 19.5 Å². The number of amides is 1. The van der Waals surface area contributed by atoms with Gasteiger partial charge in [0.15, 0.2) is 0 Å². The minimum absolute atomic E-state index is 0.0622. The Morgan fingerprint density at radius 3 is 2.50 bits per heavy atom. The van der Waals surface area contributed by atoms with Crippen LogP contribution in [0.25, 0.3) is 10.6 Å². The van der Waals surface area contributed by atoms with Crippen molar-refractivity contribution in [1.82, 2.24) is 9.29 Å². The van der Waals surface area contributed by atoms with Crippen molar-refractivity contribution in [3.8, 4) is 10.6 Å². The van der Waals surface area contributed by atoms with Crippen LogP contribution in [0.4, 0.5) is 5.69 Å². The molecule has 6 nitrogen and oxygen atoms in total. The van der Waals surface area contributed by atoms with Crippen molar-refractivity contribution < 1.29 is 13.2 Å². The molecule has 0 aliphatic heterocycles. The van der Waals surface area contributed by atoms with Gasteiger partial charge in [0.2, 0.25) is 15.9 Å². The Bertz CT molecular complexity index is 1130. The topological polar surface area (TPSA) is 79.4 Å². The fraction of sp³-hybridized carbons (Fsp3) is 0.238. The molecule has 9 heteroatoms. The lowest BCUT2D eigenvalue weighted by Crippen LogP contribution is -2.30. The molecule has 1 N–H and O–H groups in total. The second kappa shape index (κ2) is 9.70. The summed E-state index contributed by atoms with van der Waals surface area (Å²) in [6.45, 7) is 4.27. The van der Waals surface area contributed by atoms with Crippen LogP contribution in [0.3, 0.4) is 0 Å². The van der Waals surface area contributed by atoms with Gasteiger partial charge in [0.05, 0.1) is 27.7 Å². The number of anilines is 1. The molecule has 0 saturated carbocycles. The lowest BCUT2D eigenvalue weighted by atomic mass is 10.2. The number of hydrogen-bond acceptors (Lipinski definition) is 5. The van der Waals surface area contributed by atoms with Crippen molar-refractivity contribution in [2.45, 2.75) is 25.2 Å². The lowest BCUT2D eigenvalue weighted by molar-refractivity contribution is -0.115. The van der Waals surface area contributed by atoms with E-state index in [-0.39, 0.29) is 27.9 Å². The van der Waals surface area contributed by atoms with E-state index in [0.717, 1.165) is 10.6 Å². The molecular formula is C21H22ClN3O3S2. The van der Waals surface area contributed by atoms with Crippen LogP contribution in [0, 0.1) is 0 Å². The van der Waals surface area contributed by atoms with Crippen LogP contribution in [0.2, 0.25) is 5.02 Å². The highest BCUT2D eigenvalue weighted by molar-refractivity contribution is 7.89. The molecule has 2 aromatic carbocycles. The van der Waals surface area contributed by atoms with E-state index >= 15 is 0 Å². The van der Waals surface area contributed by atoms with Gasteiger partial charge in [-0.25, -0.2) is 13.4 Å². The van der Waals surface area contributed by atoms with Crippen LogP contribution >= 0.6 is 22.9 Å². The molecule has 0 bridgehead atoms. The number of nitrogens with zero attached hydrogens (tertiary/aromatic N) is 2. The molecule has 0 atom stereocenters. The molecular weight excluding hydrogens is 442 g/mol. The fourth-order valence-corrected chi connectivity index (χ4v) is 5.41. The number of rotatable bonds is 8. The maximum absolute atomic E-state index is 12.7. The second-order valence-electron chi connectivity index (χ2n) is 6.47. The number of carbonyl (C=O) groups is 1. The predicted octanol–water partition coefficient (Wildman–Crippen LogP) is 4.68. The van der Waals surface area contributed by atoms with E-state index in [1.54, 1.807) is 13.8 Å². The molecule has 0 aliphatic rings. The molecule has 0 aliphatic carbocycles. The summed E-state index contributed by atoms with van der Waals surface area (Å²) in [4.78, 5) is 17.1. The zero-order chi connectivity index (χ0) is 21.7. The van der Waals surface area contributed by atoms with Crippen LogP contribution in [-0.2, 0) is 21.2 Å². The number of carbonyl (C=O) groups excluding carboxylic acids is 1. The maximum atomic E-state index is 12.7. The Kier molecular flexibility index (Phi) is 7.25. The van der Waals surface area contributed by atoms with E-state index in [4.69, 9.17) is 11.6 Å². The normalized spacial score (nSPS) is 11.6. The zero-order valence-electron chi connectivity index (χ0n) is 16.6. The first-order chi connectivity index (χ1) is 14.3. The van der Waals surface area contributed by atoms with Gasteiger partial charge in [-0.3, -0.25) is 4.79 Å². The highest BCUT2D eigenvalue weighted by Crippen LogP contribution is 2.28. The minimum atomic E-state index is -3.65. The van der Waals surface area contributed by atoms with Gasteiger partial charge in [-0.15, -0.1) is 11.3 Å². The number of benzene rings is 2.